The van der Waals surface area contributed by atoms with Crippen LogP contribution in [0.25, 0.3) is 0 Å². The van der Waals surface area contributed by atoms with E-state index in [-0.39, 0.29) is 18.9 Å². The van der Waals surface area contributed by atoms with Crippen LogP contribution in [-0.4, -0.2) is 194 Å². The van der Waals surface area contributed by atoms with E-state index >= 15 is 0 Å². The fourth-order valence-electron chi connectivity index (χ4n) is 10.2. The van der Waals surface area contributed by atoms with Crippen molar-refractivity contribution in [3.05, 3.63) is 12.2 Å². The first kappa shape index (κ1) is 68.3. The zero-order valence-corrected chi connectivity index (χ0v) is 46.3. The van der Waals surface area contributed by atoms with Crippen molar-refractivity contribution in [2.75, 3.05) is 26.4 Å². The normalized spacial score (nSPS) is 30.9. The average Bonchev–Trinajstić information content (AvgIpc) is 3.41. The van der Waals surface area contributed by atoms with Crippen molar-refractivity contribution in [2.45, 2.75) is 305 Å². The second kappa shape index (κ2) is 40.3. The molecule has 0 aromatic heterocycles. The lowest BCUT2D eigenvalue weighted by molar-refractivity contribution is -0.374. The molecule has 0 bridgehead atoms. The molecular weight excluding hydrogens is 989 g/mol. The van der Waals surface area contributed by atoms with Gasteiger partial charge in [-0.25, -0.2) is 0 Å². The van der Waals surface area contributed by atoms with E-state index < -0.39 is 130 Å². The third-order valence-electron chi connectivity index (χ3n) is 15.0. The van der Waals surface area contributed by atoms with E-state index in [9.17, 15) is 60.7 Å². The van der Waals surface area contributed by atoms with E-state index in [1.807, 2.05) is 6.08 Å². The molecule has 3 aliphatic heterocycles. The lowest BCUT2D eigenvalue weighted by Crippen LogP contribution is -2.68. The third kappa shape index (κ3) is 24.8. The van der Waals surface area contributed by atoms with Gasteiger partial charge < -0.3 is 90.1 Å². The van der Waals surface area contributed by atoms with Crippen LogP contribution in [0.2, 0.25) is 0 Å². The summed E-state index contributed by atoms with van der Waals surface area (Å²) in [6.07, 6.45) is 11.1. The number of allylic oxidation sites excluding steroid dienone is 1. The molecule has 3 heterocycles. The molecule has 3 aliphatic rings. The molecule has 12 N–H and O–H groups in total. The van der Waals surface area contributed by atoms with E-state index in [4.69, 9.17) is 28.4 Å². The van der Waals surface area contributed by atoms with Gasteiger partial charge in [0.25, 0.3) is 0 Å². The quantitative estimate of drug-likeness (QED) is 0.0304. The summed E-state index contributed by atoms with van der Waals surface area (Å²) in [5.41, 5.74) is 0. The molecule has 0 aliphatic carbocycles. The predicted molar refractivity (Wildman–Crippen MR) is 284 cm³/mol. The van der Waals surface area contributed by atoms with E-state index in [2.05, 4.69) is 24.5 Å². The lowest BCUT2D eigenvalue weighted by atomic mass is 9.95. The third-order valence-corrected chi connectivity index (χ3v) is 15.0. The van der Waals surface area contributed by atoms with Crippen LogP contribution < -0.4 is 10.6 Å². The van der Waals surface area contributed by atoms with Gasteiger partial charge in [-0.2, -0.15) is 0 Å². The fraction of sp³-hybridized carbons (Fsp3) is 0.929. The maximum Gasteiger partial charge on any atom is 0.220 e. The van der Waals surface area contributed by atoms with Gasteiger partial charge in [-0.3, -0.25) is 9.59 Å². The first-order chi connectivity index (χ1) is 36.7. The Morgan fingerprint density at radius 2 is 0.921 bits per heavy atom. The Balaban J connectivity index is 1.56. The van der Waals surface area contributed by atoms with Crippen LogP contribution in [0.15, 0.2) is 12.2 Å². The Morgan fingerprint density at radius 1 is 0.513 bits per heavy atom. The minimum absolute atomic E-state index is 0.244. The van der Waals surface area contributed by atoms with Crippen LogP contribution in [0.3, 0.4) is 0 Å². The number of aliphatic hydroxyl groups excluding tert-OH is 10. The SMILES string of the molecule is CCCCCCCCCCCCC/C=C/[C@@H](O)[C@H](CO[C@@H]1O[C@H](CO)[C@@H](O[C@@H]2O[C@H](CO)[C@H](O[C@@H]3O[C@H](CO)[C@H](O)[C@H](O)[C@H]3NC(C)=O)[C@H](O)[C@H]2O)[C@H](O)[C@H]1O)NC(=O)CCCCCCCCCCCCCCCCC. The number of unbranched alkanes of at least 4 members (excludes halogenated alkanes) is 25. The van der Waals surface area contributed by atoms with Gasteiger partial charge in [-0.15, -0.1) is 0 Å². The molecule has 20 heteroatoms. The van der Waals surface area contributed by atoms with Crippen molar-refractivity contribution in [3.8, 4) is 0 Å². The fourth-order valence-corrected chi connectivity index (χ4v) is 10.2. The Kier molecular flexibility index (Phi) is 36.2. The molecule has 3 fully saturated rings. The van der Waals surface area contributed by atoms with E-state index in [0.717, 1.165) is 51.9 Å². The molecule has 0 saturated carbocycles. The topological polar surface area (TPSA) is 316 Å². The molecule has 0 aromatic rings. The summed E-state index contributed by atoms with van der Waals surface area (Å²) in [6, 6.07) is -2.40. The highest BCUT2D eigenvalue weighted by Gasteiger charge is 2.54. The number of carbonyl (C=O) groups excluding carboxylic acids is 2. The minimum Gasteiger partial charge on any atom is -0.394 e. The molecule has 0 spiro atoms. The maximum absolute atomic E-state index is 13.3. The Hall–Kier alpha value is -1.96. The summed E-state index contributed by atoms with van der Waals surface area (Å²) in [5.74, 6) is -0.924. The highest BCUT2D eigenvalue weighted by Crippen LogP contribution is 2.33. The van der Waals surface area contributed by atoms with Crippen molar-refractivity contribution in [3.63, 3.8) is 0 Å². The Bertz CT molecular complexity index is 1520. The number of hydrogen-bond donors (Lipinski definition) is 12. The molecule has 3 rings (SSSR count). The van der Waals surface area contributed by atoms with Gasteiger partial charge in [0, 0.05) is 13.3 Å². The lowest BCUT2D eigenvalue weighted by Gasteiger charge is -2.48. The number of amides is 2. The zero-order valence-electron chi connectivity index (χ0n) is 46.3. The second-order valence-corrected chi connectivity index (χ2v) is 21.5. The van der Waals surface area contributed by atoms with Crippen LogP contribution in [0.5, 0.6) is 0 Å². The van der Waals surface area contributed by atoms with Crippen LogP contribution in [-0.2, 0) is 38.0 Å². The first-order valence-corrected chi connectivity index (χ1v) is 29.4. The molecule has 20 nitrogen and oxygen atoms in total. The van der Waals surface area contributed by atoms with Crippen LogP contribution in [0.1, 0.15) is 201 Å². The summed E-state index contributed by atoms with van der Waals surface area (Å²) in [4.78, 5) is 25.3. The van der Waals surface area contributed by atoms with Gasteiger partial charge in [0.2, 0.25) is 11.8 Å². The standard InChI is InChI=1S/C56H104N2O18/c1-4-6-8-10-12-14-16-18-19-21-23-25-27-29-31-33-44(64)58-39(40(63)32-30-28-26-24-22-20-17-15-13-11-9-7-5-2)37-71-55-50(69)48(67)53(42(35-60)73-55)76-56-51(70)49(68)52(43(36-61)74-56)75-54-45(57-38(3)62)47(66)46(65)41(34-59)72-54/h30,32,39-43,45-56,59-61,63,65-70H,4-29,31,33-37H2,1-3H3,(H,57,62)(H,58,64)/b32-30+/t39-,40+,41+,42+,43+,45+,46-,47+,48+,49+,50+,51+,52-,53+,54-,55+,56-/m0/s1. The van der Waals surface area contributed by atoms with Crippen LogP contribution in [0.4, 0.5) is 0 Å². The molecule has 446 valence electrons. The first-order valence-electron chi connectivity index (χ1n) is 29.4. The van der Waals surface area contributed by atoms with Crippen molar-refractivity contribution in [1.82, 2.24) is 10.6 Å². The Morgan fingerprint density at radius 3 is 1.38 bits per heavy atom. The minimum atomic E-state index is -1.99. The summed E-state index contributed by atoms with van der Waals surface area (Å²) in [5, 5.41) is 113. The van der Waals surface area contributed by atoms with Gasteiger partial charge in [-0.1, -0.05) is 180 Å². The van der Waals surface area contributed by atoms with Gasteiger partial charge in [0.15, 0.2) is 18.9 Å². The summed E-state index contributed by atoms with van der Waals surface area (Å²) >= 11 is 0. The molecular formula is C56H104N2O18. The molecule has 76 heavy (non-hydrogen) atoms. The largest absolute Gasteiger partial charge is 0.394 e. The number of ether oxygens (including phenoxy) is 6. The van der Waals surface area contributed by atoms with Crippen molar-refractivity contribution in [1.29, 1.82) is 0 Å². The highest BCUT2D eigenvalue weighted by molar-refractivity contribution is 5.76. The predicted octanol–water partition coefficient (Wildman–Crippen LogP) is 3.96. The molecule has 2 amide bonds. The van der Waals surface area contributed by atoms with Crippen molar-refractivity contribution < 1.29 is 89.1 Å². The van der Waals surface area contributed by atoms with Gasteiger partial charge in [-0.05, 0) is 19.3 Å². The van der Waals surface area contributed by atoms with E-state index in [1.54, 1.807) is 6.08 Å². The van der Waals surface area contributed by atoms with E-state index in [0.29, 0.717) is 6.42 Å². The highest BCUT2D eigenvalue weighted by atomic mass is 16.8. The summed E-state index contributed by atoms with van der Waals surface area (Å²) < 4.78 is 34.8. The molecule has 17 atom stereocenters. The summed E-state index contributed by atoms with van der Waals surface area (Å²) in [7, 11) is 0. The summed E-state index contributed by atoms with van der Waals surface area (Å²) in [6.45, 7) is 2.82. The van der Waals surface area contributed by atoms with Gasteiger partial charge >= 0.3 is 0 Å². The van der Waals surface area contributed by atoms with Crippen molar-refractivity contribution in [2.24, 2.45) is 0 Å². The van der Waals surface area contributed by atoms with Gasteiger partial charge in [0.1, 0.15) is 73.2 Å². The number of hydrogen-bond acceptors (Lipinski definition) is 18. The number of nitrogens with one attached hydrogen (secondary N) is 2. The number of rotatable bonds is 42. The number of carbonyl (C=O) groups is 2. The number of aliphatic hydroxyl groups is 10. The van der Waals surface area contributed by atoms with Crippen LogP contribution >= 0.6 is 0 Å². The zero-order chi connectivity index (χ0) is 55.7. The monoisotopic (exact) mass is 1090 g/mol. The molecule has 0 unspecified atom stereocenters. The Labute approximate surface area is 453 Å². The average molecular weight is 1090 g/mol. The molecule has 0 radical (unpaired) electrons. The smallest absolute Gasteiger partial charge is 0.220 e. The maximum atomic E-state index is 13.3. The molecule has 0 aromatic carbocycles. The van der Waals surface area contributed by atoms with E-state index in [1.165, 1.54) is 122 Å². The van der Waals surface area contributed by atoms with Crippen molar-refractivity contribution >= 4 is 11.8 Å². The van der Waals surface area contributed by atoms with Crippen LogP contribution in [0, 0.1) is 0 Å². The second-order valence-electron chi connectivity index (χ2n) is 21.5. The van der Waals surface area contributed by atoms with Gasteiger partial charge in [0.05, 0.1) is 38.6 Å². The molecule has 3 saturated heterocycles.